The molecule has 0 spiro atoms. The van der Waals surface area contributed by atoms with Gasteiger partial charge in [0.05, 0.1) is 42.5 Å². The van der Waals surface area contributed by atoms with Crippen LogP contribution in [-0.4, -0.2) is 36.2 Å². The molecule has 1 aromatic heterocycles. The van der Waals surface area contributed by atoms with E-state index < -0.39 is 0 Å². The Hall–Kier alpha value is -3.84. The van der Waals surface area contributed by atoms with Gasteiger partial charge in [0, 0.05) is 5.56 Å². The number of rotatable bonds is 9. The van der Waals surface area contributed by atoms with Gasteiger partial charge in [-0.15, -0.1) is 0 Å². The van der Waals surface area contributed by atoms with E-state index in [1.54, 1.807) is 31.5 Å². The third kappa shape index (κ3) is 5.38. The van der Waals surface area contributed by atoms with Crippen molar-refractivity contribution in [2.75, 3.05) is 20.3 Å². The van der Waals surface area contributed by atoms with Crippen molar-refractivity contribution in [1.82, 2.24) is 9.66 Å². The van der Waals surface area contributed by atoms with E-state index in [9.17, 15) is 4.79 Å². The molecule has 0 saturated heterocycles. The van der Waals surface area contributed by atoms with E-state index >= 15 is 0 Å². The molecule has 8 heteroatoms. The van der Waals surface area contributed by atoms with Gasteiger partial charge in [-0.05, 0) is 79.8 Å². The van der Waals surface area contributed by atoms with Gasteiger partial charge in [-0.1, -0.05) is 37.6 Å². The van der Waals surface area contributed by atoms with Crippen molar-refractivity contribution in [2.24, 2.45) is 5.10 Å². The van der Waals surface area contributed by atoms with Crippen LogP contribution in [0.25, 0.3) is 22.3 Å². The van der Waals surface area contributed by atoms with Crippen molar-refractivity contribution in [2.45, 2.75) is 40.5 Å². The molecule has 0 aliphatic rings. The number of fused-ring (bicyclic) bond motifs is 1. The van der Waals surface area contributed by atoms with Gasteiger partial charge >= 0.3 is 0 Å². The summed E-state index contributed by atoms with van der Waals surface area (Å²) < 4.78 is 18.4. The predicted molar refractivity (Wildman–Crippen MR) is 154 cm³/mol. The first-order valence-corrected chi connectivity index (χ1v) is 13.0. The van der Waals surface area contributed by atoms with Crippen molar-refractivity contribution in [3.63, 3.8) is 0 Å². The molecule has 0 atom stereocenters. The minimum absolute atomic E-state index is 0.205. The Morgan fingerprint density at radius 2 is 1.79 bits per heavy atom. The molecule has 0 fully saturated rings. The maximum atomic E-state index is 13.7. The zero-order valence-corrected chi connectivity index (χ0v) is 23.3. The molecule has 0 aliphatic heterocycles. The first-order valence-electron chi connectivity index (χ1n) is 12.6. The summed E-state index contributed by atoms with van der Waals surface area (Å²) in [6.07, 6.45) is 1.58. The number of halogens is 1. The molecule has 0 amide bonds. The van der Waals surface area contributed by atoms with Gasteiger partial charge in [-0.2, -0.15) is 9.78 Å². The number of benzene rings is 3. The Bertz CT molecular complexity index is 1560. The molecule has 7 nitrogen and oxygen atoms in total. The molecule has 4 rings (SSSR count). The van der Waals surface area contributed by atoms with Crippen molar-refractivity contribution in [1.29, 1.82) is 0 Å². The molecular weight excluding hydrogens is 502 g/mol. The van der Waals surface area contributed by atoms with E-state index in [1.165, 1.54) is 4.68 Å². The van der Waals surface area contributed by atoms with Gasteiger partial charge in [0.1, 0.15) is 5.75 Å². The smallest absolute Gasteiger partial charge is 0.282 e. The van der Waals surface area contributed by atoms with E-state index in [0.29, 0.717) is 52.0 Å². The maximum Gasteiger partial charge on any atom is 0.282 e. The van der Waals surface area contributed by atoms with Gasteiger partial charge in [0.2, 0.25) is 0 Å². The lowest BCUT2D eigenvalue weighted by Gasteiger charge is -2.17. The fraction of sp³-hybridized carbons (Fsp3) is 0.300. The molecule has 4 aromatic rings. The molecule has 0 bridgehead atoms. The van der Waals surface area contributed by atoms with Crippen LogP contribution in [0.2, 0.25) is 5.02 Å². The van der Waals surface area contributed by atoms with Gasteiger partial charge < -0.3 is 14.2 Å². The molecule has 198 valence electrons. The van der Waals surface area contributed by atoms with Gasteiger partial charge in [0.15, 0.2) is 17.3 Å². The number of hydrogen-bond donors (Lipinski definition) is 0. The Morgan fingerprint density at radius 1 is 1.05 bits per heavy atom. The SMILES string of the molecule is CCOc1cc(C=Nn2c(-c3cc(C(C)C)c(OC)cc3C)nc3ccccc3c2=O)cc(Cl)c1OCC. The summed E-state index contributed by atoms with van der Waals surface area (Å²) in [5, 5.41) is 5.48. The molecule has 0 radical (unpaired) electrons. The zero-order chi connectivity index (χ0) is 27.4. The minimum atomic E-state index is -0.273. The first-order chi connectivity index (χ1) is 18.3. The standard InChI is InChI=1S/C30H32ClN3O4/c1-7-37-27-15-20(14-24(31)28(27)38-8-2)17-32-34-29(33-25-12-10-9-11-21(25)30(34)35)23-16-22(18(3)4)26(36-6)13-19(23)5/h9-18H,7-8H2,1-6H3. The van der Waals surface area contributed by atoms with Crippen molar-refractivity contribution in [3.8, 4) is 28.6 Å². The van der Waals surface area contributed by atoms with Crippen LogP contribution in [0.4, 0.5) is 0 Å². The van der Waals surface area contributed by atoms with E-state index in [-0.39, 0.29) is 11.5 Å². The molecule has 0 N–H and O–H groups in total. The number of hydrogen-bond acceptors (Lipinski definition) is 6. The number of aryl methyl sites for hydroxylation is 1. The summed E-state index contributed by atoms with van der Waals surface area (Å²) in [4.78, 5) is 18.6. The van der Waals surface area contributed by atoms with Gasteiger partial charge in [0.25, 0.3) is 5.56 Å². The molecule has 0 aliphatic carbocycles. The lowest BCUT2D eigenvalue weighted by Crippen LogP contribution is -2.20. The van der Waals surface area contributed by atoms with Gasteiger partial charge in [-0.3, -0.25) is 4.79 Å². The van der Waals surface area contributed by atoms with Crippen LogP contribution in [0.15, 0.2) is 58.4 Å². The molecule has 1 heterocycles. The lowest BCUT2D eigenvalue weighted by atomic mass is 9.96. The Labute approximate surface area is 227 Å². The normalized spacial score (nSPS) is 11.5. The molecule has 3 aromatic carbocycles. The monoisotopic (exact) mass is 533 g/mol. The maximum absolute atomic E-state index is 13.7. The number of aromatic nitrogens is 2. The van der Waals surface area contributed by atoms with Crippen LogP contribution in [0.5, 0.6) is 17.2 Å². The molecule has 0 saturated carbocycles. The van der Waals surface area contributed by atoms with E-state index in [4.69, 9.17) is 30.8 Å². The fourth-order valence-corrected chi connectivity index (χ4v) is 4.58. The third-order valence-corrected chi connectivity index (χ3v) is 6.42. The number of para-hydroxylation sites is 1. The van der Waals surface area contributed by atoms with Crippen LogP contribution in [0.1, 0.15) is 50.3 Å². The molecule has 0 unspecified atom stereocenters. The topological polar surface area (TPSA) is 74.9 Å². The summed E-state index contributed by atoms with van der Waals surface area (Å²) in [7, 11) is 1.66. The summed E-state index contributed by atoms with van der Waals surface area (Å²) in [6, 6.07) is 14.8. The van der Waals surface area contributed by atoms with Crippen LogP contribution >= 0.6 is 11.6 Å². The zero-order valence-electron chi connectivity index (χ0n) is 22.5. The second-order valence-corrected chi connectivity index (χ2v) is 9.48. The Balaban J connectivity index is 1.94. The second kappa shape index (κ2) is 11.7. The van der Waals surface area contributed by atoms with E-state index in [0.717, 1.165) is 22.4 Å². The average Bonchev–Trinajstić information content (AvgIpc) is 2.90. The molecular formula is C30H32ClN3O4. The average molecular weight is 534 g/mol. The molecule has 38 heavy (non-hydrogen) atoms. The number of methoxy groups -OCH3 is 1. The summed E-state index contributed by atoms with van der Waals surface area (Å²) in [5.41, 5.74) is 3.72. The summed E-state index contributed by atoms with van der Waals surface area (Å²) >= 11 is 6.50. The predicted octanol–water partition coefficient (Wildman–Crippen LogP) is 6.84. The fourth-order valence-electron chi connectivity index (χ4n) is 4.31. The van der Waals surface area contributed by atoms with Crippen molar-refractivity contribution in [3.05, 3.63) is 80.6 Å². The number of ether oxygens (including phenoxy) is 3. The Kier molecular flexibility index (Phi) is 8.37. The highest BCUT2D eigenvalue weighted by atomic mass is 35.5. The van der Waals surface area contributed by atoms with Crippen LogP contribution in [0.3, 0.4) is 0 Å². The summed E-state index contributed by atoms with van der Waals surface area (Å²) in [5.74, 6) is 2.44. The highest BCUT2D eigenvalue weighted by Gasteiger charge is 2.18. The minimum Gasteiger partial charge on any atom is -0.496 e. The van der Waals surface area contributed by atoms with E-state index in [2.05, 4.69) is 18.9 Å². The van der Waals surface area contributed by atoms with Crippen molar-refractivity contribution < 1.29 is 14.2 Å². The van der Waals surface area contributed by atoms with Crippen LogP contribution < -0.4 is 19.8 Å². The number of nitrogens with zero attached hydrogens (tertiary/aromatic N) is 3. The Morgan fingerprint density at radius 3 is 2.47 bits per heavy atom. The third-order valence-electron chi connectivity index (χ3n) is 6.14. The van der Waals surface area contributed by atoms with Crippen LogP contribution in [-0.2, 0) is 0 Å². The summed E-state index contributed by atoms with van der Waals surface area (Å²) in [6.45, 7) is 10.8. The van der Waals surface area contributed by atoms with Gasteiger partial charge in [-0.25, -0.2) is 4.98 Å². The largest absolute Gasteiger partial charge is 0.496 e. The highest BCUT2D eigenvalue weighted by Crippen LogP contribution is 2.37. The van der Waals surface area contributed by atoms with Crippen LogP contribution in [0, 0.1) is 6.92 Å². The first kappa shape index (κ1) is 27.2. The van der Waals surface area contributed by atoms with E-state index in [1.807, 2.05) is 51.1 Å². The quantitative estimate of drug-likeness (QED) is 0.220. The highest BCUT2D eigenvalue weighted by molar-refractivity contribution is 6.32. The lowest BCUT2D eigenvalue weighted by molar-refractivity contribution is 0.288. The second-order valence-electron chi connectivity index (χ2n) is 9.07. The van der Waals surface area contributed by atoms with Crippen molar-refractivity contribution >= 4 is 28.7 Å².